The summed E-state index contributed by atoms with van der Waals surface area (Å²) >= 11 is 18.5. The van der Waals surface area contributed by atoms with Crippen LogP contribution in [0.2, 0.25) is 10.0 Å². The number of amides is 1. The molecule has 1 saturated heterocycles. The average Bonchev–Trinajstić information content (AvgIpc) is 3.29. The first-order valence-corrected chi connectivity index (χ1v) is 11.2. The Morgan fingerprint density at radius 3 is 2.47 bits per heavy atom. The highest BCUT2D eigenvalue weighted by molar-refractivity contribution is 8.26. The number of hydrogen-bond donors (Lipinski definition) is 1. The summed E-state index contributed by atoms with van der Waals surface area (Å²) in [5.74, 6) is -0.247. The zero-order chi connectivity index (χ0) is 23.0. The summed E-state index contributed by atoms with van der Waals surface area (Å²) in [6.45, 7) is 0.314. The van der Waals surface area contributed by atoms with E-state index in [2.05, 4.69) is 4.98 Å². The summed E-state index contributed by atoms with van der Waals surface area (Å²) in [7, 11) is 0. The fourth-order valence-electron chi connectivity index (χ4n) is 3.11. The number of alkyl halides is 3. The Balaban J connectivity index is 1.56. The van der Waals surface area contributed by atoms with E-state index in [0.717, 1.165) is 29.5 Å². The van der Waals surface area contributed by atoms with Crippen molar-refractivity contribution in [3.05, 3.63) is 86.4 Å². The van der Waals surface area contributed by atoms with Gasteiger partial charge in [0.25, 0.3) is 5.91 Å². The van der Waals surface area contributed by atoms with E-state index in [0.29, 0.717) is 32.2 Å². The van der Waals surface area contributed by atoms with Gasteiger partial charge < -0.3 is 4.98 Å². The van der Waals surface area contributed by atoms with Gasteiger partial charge in [0.15, 0.2) is 0 Å². The SMILES string of the molecule is O=C1C(=Cc2ccc(-c3cc(C(F)(F)F)ccc3Cl)[nH]2)SC(=S)N1Cc1ccc(Cl)cc1. The molecule has 0 spiro atoms. The molecule has 1 aliphatic heterocycles. The predicted molar refractivity (Wildman–Crippen MR) is 126 cm³/mol. The maximum Gasteiger partial charge on any atom is 0.416 e. The minimum Gasteiger partial charge on any atom is -0.355 e. The molecule has 0 aliphatic carbocycles. The first kappa shape index (κ1) is 22.9. The molecule has 1 aliphatic rings. The molecule has 164 valence electrons. The number of benzene rings is 2. The molecule has 1 N–H and O–H groups in total. The highest BCUT2D eigenvalue weighted by Crippen LogP contribution is 2.37. The van der Waals surface area contributed by atoms with Crippen molar-refractivity contribution in [2.45, 2.75) is 12.7 Å². The van der Waals surface area contributed by atoms with Gasteiger partial charge >= 0.3 is 6.18 Å². The van der Waals surface area contributed by atoms with Gasteiger partial charge in [-0.25, -0.2) is 0 Å². The van der Waals surface area contributed by atoms with E-state index in [-0.39, 0.29) is 16.5 Å². The lowest BCUT2D eigenvalue weighted by molar-refractivity contribution is -0.137. The number of thioether (sulfide) groups is 1. The van der Waals surface area contributed by atoms with Crippen molar-refractivity contribution in [2.24, 2.45) is 0 Å². The Labute approximate surface area is 201 Å². The zero-order valence-electron chi connectivity index (χ0n) is 16.0. The van der Waals surface area contributed by atoms with Crippen molar-refractivity contribution in [1.29, 1.82) is 0 Å². The molecule has 2 aromatic carbocycles. The minimum atomic E-state index is -4.48. The Morgan fingerprint density at radius 1 is 1.06 bits per heavy atom. The van der Waals surface area contributed by atoms with Crippen LogP contribution in [0.25, 0.3) is 17.3 Å². The van der Waals surface area contributed by atoms with Crippen molar-refractivity contribution in [3.8, 4) is 11.3 Å². The number of H-pyrrole nitrogens is 1. The molecule has 10 heteroatoms. The molecular weight excluding hydrogens is 500 g/mol. The van der Waals surface area contributed by atoms with E-state index in [1.165, 1.54) is 11.0 Å². The van der Waals surface area contributed by atoms with Crippen LogP contribution in [0.15, 0.2) is 59.5 Å². The van der Waals surface area contributed by atoms with Gasteiger partial charge in [-0.15, -0.1) is 0 Å². The van der Waals surface area contributed by atoms with Gasteiger partial charge in [0.1, 0.15) is 4.32 Å². The minimum absolute atomic E-state index is 0.181. The van der Waals surface area contributed by atoms with Gasteiger partial charge in [0.2, 0.25) is 0 Å². The number of rotatable bonds is 4. The third-order valence-electron chi connectivity index (χ3n) is 4.71. The molecular formula is C22H13Cl2F3N2OS2. The van der Waals surface area contributed by atoms with E-state index < -0.39 is 11.7 Å². The van der Waals surface area contributed by atoms with Gasteiger partial charge in [-0.05, 0) is 54.1 Å². The van der Waals surface area contributed by atoms with Crippen LogP contribution in [-0.2, 0) is 17.5 Å². The number of nitrogens with one attached hydrogen (secondary N) is 1. The van der Waals surface area contributed by atoms with Crippen LogP contribution < -0.4 is 0 Å². The Morgan fingerprint density at radius 2 is 1.78 bits per heavy atom. The number of thiocarbonyl (C=S) groups is 1. The van der Waals surface area contributed by atoms with E-state index in [1.807, 2.05) is 12.1 Å². The molecule has 1 fully saturated rings. The van der Waals surface area contributed by atoms with Crippen molar-refractivity contribution in [2.75, 3.05) is 0 Å². The van der Waals surface area contributed by atoms with Crippen LogP contribution in [0.4, 0.5) is 13.2 Å². The number of carbonyl (C=O) groups is 1. The number of aromatic amines is 1. The molecule has 32 heavy (non-hydrogen) atoms. The van der Waals surface area contributed by atoms with E-state index >= 15 is 0 Å². The van der Waals surface area contributed by atoms with Gasteiger partial charge in [0.05, 0.1) is 17.0 Å². The van der Waals surface area contributed by atoms with Crippen molar-refractivity contribution < 1.29 is 18.0 Å². The molecule has 1 aromatic heterocycles. The Hall–Kier alpha value is -2.26. The number of halogens is 5. The molecule has 4 rings (SSSR count). The number of carbonyl (C=O) groups excluding carboxylic acids is 1. The third kappa shape index (κ3) is 4.88. The fraction of sp³-hybridized carbons (Fsp3) is 0.0909. The third-order valence-corrected chi connectivity index (χ3v) is 6.67. The summed E-state index contributed by atoms with van der Waals surface area (Å²) in [4.78, 5) is 17.8. The first-order valence-electron chi connectivity index (χ1n) is 9.18. The second-order valence-electron chi connectivity index (χ2n) is 6.91. The van der Waals surface area contributed by atoms with Crippen LogP contribution in [0, 0.1) is 0 Å². The van der Waals surface area contributed by atoms with Crippen LogP contribution in [0.5, 0.6) is 0 Å². The van der Waals surface area contributed by atoms with E-state index in [4.69, 9.17) is 35.4 Å². The lowest BCUT2D eigenvalue weighted by Crippen LogP contribution is -2.27. The molecule has 0 bridgehead atoms. The zero-order valence-corrected chi connectivity index (χ0v) is 19.2. The molecule has 0 radical (unpaired) electrons. The first-order chi connectivity index (χ1) is 15.1. The average molecular weight is 513 g/mol. The number of aromatic nitrogens is 1. The standard InChI is InChI=1S/C22H13Cl2F3N2OS2/c23-14-4-1-12(2-5-14)11-29-20(30)19(32-21(29)31)10-15-6-8-18(28-15)16-9-13(22(25,26)27)3-7-17(16)24/h1-10,28H,11H2. The fourth-order valence-corrected chi connectivity index (χ4v) is 4.70. The van der Waals surface area contributed by atoms with Gasteiger partial charge in [-0.3, -0.25) is 9.69 Å². The topological polar surface area (TPSA) is 36.1 Å². The summed E-state index contributed by atoms with van der Waals surface area (Å²) < 4.78 is 39.6. The Bertz CT molecular complexity index is 1240. The molecule has 2 heterocycles. The smallest absolute Gasteiger partial charge is 0.355 e. The van der Waals surface area contributed by atoms with E-state index in [9.17, 15) is 18.0 Å². The number of hydrogen-bond acceptors (Lipinski definition) is 3. The van der Waals surface area contributed by atoms with Crippen molar-refractivity contribution in [1.82, 2.24) is 9.88 Å². The van der Waals surface area contributed by atoms with Gasteiger partial charge in [-0.2, -0.15) is 13.2 Å². The second kappa shape index (κ2) is 8.94. The van der Waals surface area contributed by atoms with Crippen molar-refractivity contribution in [3.63, 3.8) is 0 Å². The van der Waals surface area contributed by atoms with Gasteiger partial charge in [0, 0.05) is 27.0 Å². The second-order valence-corrected chi connectivity index (χ2v) is 9.43. The lowest BCUT2D eigenvalue weighted by atomic mass is 10.1. The van der Waals surface area contributed by atoms with Crippen LogP contribution in [0.1, 0.15) is 16.8 Å². The van der Waals surface area contributed by atoms with Crippen LogP contribution >= 0.6 is 47.2 Å². The summed E-state index contributed by atoms with van der Waals surface area (Å²) in [5, 5.41) is 0.781. The summed E-state index contributed by atoms with van der Waals surface area (Å²) in [5.41, 5.74) is 1.25. The summed E-state index contributed by atoms with van der Waals surface area (Å²) in [6, 6.07) is 13.5. The Kier molecular flexibility index (Phi) is 6.40. The normalized spacial score (nSPS) is 15.8. The molecule has 3 aromatic rings. The van der Waals surface area contributed by atoms with Crippen LogP contribution in [-0.4, -0.2) is 20.1 Å². The van der Waals surface area contributed by atoms with Gasteiger partial charge in [-0.1, -0.05) is 59.3 Å². The van der Waals surface area contributed by atoms with Crippen molar-refractivity contribution >= 4 is 63.5 Å². The van der Waals surface area contributed by atoms with E-state index in [1.54, 1.807) is 30.3 Å². The molecule has 0 saturated carbocycles. The predicted octanol–water partition coefficient (Wildman–Crippen LogP) is 7.41. The largest absolute Gasteiger partial charge is 0.416 e. The molecule has 1 amide bonds. The summed E-state index contributed by atoms with van der Waals surface area (Å²) in [6.07, 6.45) is -2.86. The molecule has 0 atom stereocenters. The maximum atomic E-state index is 13.1. The highest BCUT2D eigenvalue weighted by atomic mass is 35.5. The monoisotopic (exact) mass is 512 g/mol. The number of nitrogens with zero attached hydrogens (tertiary/aromatic N) is 1. The molecule has 3 nitrogen and oxygen atoms in total. The highest BCUT2D eigenvalue weighted by Gasteiger charge is 2.33. The molecule has 0 unspecified atom stereocenters. The maximum absolute atomic E-state index is 13.1. The lowest BCUT2D eigenvalue weighted by Gasteiger charge is -2.14. The quantitative estimate of drug-likeness (QED) is 0.292. The van der Waals surface area contributed by atoms with Crippen LogP contribution in [0.3, 0.4) is 0 Å².